The molecule has 0 saturated heterocycles. The van der Waals surface area contributed by atoms with Crippen LogP contribution >= 0.6 is 11.3 Å². The van der Waals surface area contributed by atoms with E-state index in [1.165, 1.54) is 26.6 Å². The Kier molecular flexibility index (Phi) is 6.45. The van der Waals surface area contributed by atoms with Crippen LogP contribution < -0.4 is 0 Å². The lowest BCUT2D eigenvalue weighted by Crippen LogP contribution is -1.62. The first kappa shape index (κ1) is 14.7. The summed E-state index contributed by atoms with van der Waals surface area (Å²) in [4.78, 5) is 0. The molecule has 0 amide bonds. The van der Waals surface area contributed by atoms with Crippen molar-refractivity contribution in [3.8, 4) is 0 Å². The van der Waals surface area contributed by atoms with E-state index >= 15 is 0 Å². The summed E-state index contributed by atoms with van der Waals surface area (Å²) in [5.74, 6) is 0. The number of hydrogen-bond donors (Lipinski definition) is 0. The van der Waals surface area contributed by atoms with E-state index < -0.39 is 0 Å². The van der Waals surface area contributed by atoms with Crippen molar-refractivity contribution >= 4 is 31.5 Å². The number of benzene rings is 2. The third kappa shape index (κ3) is 3.33. The van der Waals surface area contributed by atoms with Gasteiger partial charge in [-0.25, -0.2) is 0 Å². The van der Waals surface area contributed by atoms with E-state index in [0.717, 1.165) is 0 Å². The lowest BCUT2D eigenvalue weighted by molar-refractivity contribution is 1.09. The smallest absolute Gasteiger partial charge is 0.0355 e. The fraction of sp³-hybridized carbons (Fsp3) is 0.294. The molecule has 3 aromatic rings. The molecule has 96 valence electrons. The van der Waals surface area contributed by atoms with Crippen molar-refractivity contribution in [3.05, 3.63) is 48.5 Å². The van der Waals surface area contributed by atoms with Crippen LogP contribution in [0.1, 0.15) is 34.1 Å². The summed E-state index contributed by atoms with van der Waals surface area (Å²) >= 11 is 1.86. The fourth-order valence-electron chi connectivity index (χ4n) is 1.67. The summed E-state index contributed by atoms with van der Waals surface area (Å²) in [5.41, 5.74) is 0. The third-order valence-electron chi connectivity index (χ3n) is 2.28. The highest BCUT2D eigenvalue weighted by molar-refractivity contribution is 7.25. The monoisotopic (exact) mass is 258 g/mol. The van der Waals surface area contributed by atoms with E-state index in [1.54, 1.807) is 0 Å². The molecule has 0 nitrogen and oxygen atoms in total. The minimum atomic E-state index is 1.25. The molecular weight excluding hydrogens is 236 g/mol. The lowest BCUT2D eigenvalue weighted by Gasteiger charge is -1.88. The molecule has 0 saturated carbocycles. The van der Waals surface area contributed by atoms with Crippen molar-refractivity contribution in [1.29, 1.82) is 0 Å². The molecule has 0 N–H and O–H groups in total. The summed E-state index contributed by atoms with van der Waals surface area (Å²) in [5, 5.41) is 2.76. The van der Waals surface area contributed by atoms with Gasteiger partial charge in [0.1, 0.15) is 0 Å². The second-order valence-corrected chi connectivity index (χ2v) is 4.89. The fourth-order valence-corrected chi connectivity index (χ4v) is 2.78. The molecule has 2 aromatic carbocycles. The Bertz CT molecular complexity index is 528. The highest BCUT2D eigenvalue weighted by Crippen LogP contribution is 2.32. The Morgan fingerprint density at radius 2 is 1.06 bits per heavy atom. The van der Waals surface area contributed by atoms with Gasteiger partial charge in [0.25, 0.3) is 0 Å². The molecule has 0 aliphatic carbocycles. The third-order valence-corrected chi connectivity index (χ3v) is 3.44. The molecule has 0 atom stereocenters. The standard InChI is InChI=1S/C12H8S.C3H8.C2H6/c1-3-7-11-9(5-1)10-6-2-4-8-12(10)13-11;1-3-2;1-2/h1-8H;3H2,1-2H3;1-2H3. The van der Waals surface area contributed by atoms with E-state index in [-0.39, 0.29) is 0 Å². The largest absolute Gasteiger partial charge is 0.135 e. The van der Waals surface area contributed by atoms with Crippen molar-refractivity contribution in [2.45, 2.75) is 34.1 Å². The Labute approximate surface area is 114 Å². The van der Waals surface area contributed by atoms with Crippen LogP contribution in [0, 0.1) is 0 Å². The molecule has 0 aliphatic rings. The van der Waals surface area contributed by atoms with Gasteiger partial charge in [-0.05, 0) is 12.1 Å². The topological polar surface area (TPSA) is 0 Å². The predicted molar refractivity (Wildman–Crippen MR) is 86.6 cm³/mol. The molecule has 0 unspecified atom stereocenters. The predicted octanol–water partition coefficient (Wildman–Crippen LogP) is 6.50. The first-order chi connectivity index (χ1) is 8.86. The Hall–Kier alpha value is -1.34. The lowest BCUT2D eigenvalue weighted by atomic mass is 10.2. The van der Waals surface area contributed by atoms with Crippen LogP contribution in [0.5, 0.6) is 0 Å². The average Bonchev–Trinajstić information content (AvgIpc) is 2.80. The Morgan fingerprint density at radius 1 is 0.722 bits per heavy atom. The Morgan fingerprint density at radius 3 is 1.44 bits per heavy atom. The van der Waals surface area contributed by atoms with E-state index in [0.29, 0.717) is 0 Å². The number of fused-ring (bicyclic) bond motifs is 3. The maximum absolute atomic E-state index is 2.19. The van der Waals surface area contributed by atoms with Crippen LogP contribution in [0.2, 0.25) is 0 Å². The van der Waals surface area contributed by atoms with Gasteiger partial charge < -0.3 is 0 Å². The highest BCUT2D eigenvalue weighted by Gasteiger charge is 2.01. The van der Waals surface area contributed by atoms with Gasteiger partial charge in [0.15, 0.2) is 0 Å². The van der Waals surface area contributed by atoms with Crippen LogP contribution in [0.15, 0.2) is 48.5 Å². The van der Waals surface area contributed by atoms with Crippen molar-refractivity contribution in [1.82, 2.24) is 0 Å². The number of thiophene rings is 1. The summed E-state index contributed by atoms with van der Waals surface area (Å²) in [6, 6.07) is 17.1. The van der Waals surface area contributed by atoms with Crippen molar-refractivity contribution in [3.63, 3.8) is 0 Å². The number of hydrogen-bond acceptors (Lipinski definition) is 1. The molecule has 3 rings (SSSR count). The van der Waals surface area contributed by atoms with Gasteiger partial charge >= 0.3 is 0 Å². The van der Waals surface area contributed by atoms with Crippen LogP contribution in [-0.4, -0.2) is 0 Å². The molecule has 0 bridgehead atoms. The molecular formula is C17H22S. The maximum atomic E-state index is 2.19. The van der Waals surface area contributed by atoms with Gasteiger partial charge in [0.2, 0.25) is 0 Å². The van der Waals surface area contributed by atoms with E-state index in [2.05, 4.69) is 62.4 Å². The summed E-state index contributed by atoms with van der Waals surface area (Å²) in [7, 11) is 0. The SMILES string of the molecule is CC.CCC.c1ccc2c(c1)sc1ccccc12. The zero-order valence-corrected chi connectivity index (χ0v) is 12.6. The summed E-state index contributed by atoms with van der Waals surface area (Å²) in [6.45, 7) is 8.25. The van der Waals surface area contributed by atoms with Gasteiger partial charge in [0.05, 0.1) is 0 Å². The zero-order chi connectivity index (χ0) is 13.4. The second kappa shape index (κ2) is 7.88. The van der Waals surface area contributed by atoms with E-state index in [9.17, 15) is 0 Å². The highest BCUT2D eigenvalue weighted by atomic mass is 32.1. The first-order valence-corrected chi connectivity index (χ1v) is 7.54. The molecule has 0 aliphatic heterocycles. The molecule has 0 spiro atoms. The van der Waals surface area contributed by atoms with Crippen molar-refractivity contribution in [2.75, 3.05) is 0 Å². The molecule has 18 heavy (non-hydrogen) atoms. The van der Waals surface area contributed by atoms with Crippen LogP contribution in [0.4, 0.5) is 0 Å². The minimum absolute atomic E-state index is 1.25. The number of rotatable bonds is 0. The molecule has 1 heteroatoms. The zero-order valence-electron chi connectivity index (χ0n) is 11.7. The van der Waals surface area contributed by atoms with Crippen molar-refractivity contribution in [2.24, 2.45) is 0 Å². The summed E-state index contributed by atoms with van der Waals surface area (Å²) in [6.07, 6.45) is 1.25. The quantitative estimate of drug-likeness (QED) is 0.432. The van der Waals surface area contributed by atoms with E-state index in [1.807, 2.05) is 25.2 Å². The molecule has 1 aromatic heterocycles. The van der Waals surface area contributed by atoms with Gasteiger partial charge in [-0.2, -0.15) is 0 Å². The van der Waals surface area contributed by atoms with Gasteiger partial charge in [-0.3, -0.25) is 0 Å². The maximum Gasteiger partial charge on any atom is 0.0355 e. The first-order valence-electron chi connectivity index (χ1n) is 6.73. The normalized spacial score (nSPS) is 9.33. The Balaban J connectivity index is 0.000000288. The van der Waals surface area contributed by atoms with Crippen LogP contribution in [0.3, 0.4) is 0 Å². The second-order valence-electron chi connectivity index (χ2n) is 3.80. The minimum Gasteiger partial charge on any atom is -0.135 e. The van der Waals surface area contributed by atoms with Gasteiger partial charge in [-0.1, -0.05) is 70.5 Å². The van der Waals surface area contributed by atoms with E-state index in [4.69, 9.17) is 0 Å². The average molecular weight is 258 g/mol. The van der Waals surface area contributed by atoms with Gasteiger partial charge in [0, 0.05) is 20.2 Å². The van der Waals surface area contributed by atoms with Crippen molar-refractivity contribution < 1.29 is 0 Å². The van der Waals surface area contributed by atoms with Crippen LogP contribution in [-0.2, 0) is 0 Å². The molecule has 0 fully saturated rings. The molecule has 0 radical (unpaired) electrons. The van der Waals surface area contributed by atoms with Gasteiger partial charge in [-0.15, -0.1) is 11.3 Å². The molecule has 1 heterocycles. The summed E-state index contributed by atoms with van der Waals surface area (Å²) < 4.78 is 2.76. The van der Waals surface area contributed by atoms with Crippen LogP contribution in [0.25, 0.3) is 20.2 Å².